The van der Waals surface area contributed by atoms with E-state index in [0.717, 1.165) is 6.54 Å². The summed E-state index contributed by atoms with van der Waals surface area (Å²) in [5.41, 5.74) is 1.23. The van der Waals surface area contributed by atoms with Crippen LogP contribution in [0.5, 0.6) is 0 Å². The lowest BCUT2D eigenvalue weighted by Crippen LogP contribution is -2.39. The molecule has 23 heavy (non-hydrogen) atoms. The Balaban J connectivity index is 1.87. The van der Waals surface area contributed by atoms with Crippen LogP contribution in [0, 0.1) is 5.41 Å². The van der Waals surface area contributed by atoms with Crippen LogP contribution in [0.4, 0.5) is 0 Å². The van der Waals surface area contributed by atoms with Gasteiger partial charge in [-0.15, -0.1) is 0 Å². The van der Waals surface area contributed by atoms with Gasteiger partial charge < -0.3 is 10.4 Å². The van der Waals surface area contributed by atoms with Crippen molar-refractivity contribution in [1.29, 1.82) is 0 Å². The minimum absolute atomic E-state index is 0.000235. The Hall–Kier alpha value is -1.65. The molecule has 2 unspecified atom stereocenters. The normalized spacial score (nSPS) is 22.6. The third kappa shape index (κ3) is 6.16. The minimum Gasteiger partial charge on any atom is -0.392 e. The van der Waals surface area contributed by atoms with Crippen LogP contribution in [0.15, 0.2) is 42.5 Å². The van der Waals surface area contributed by atoms with E-state index in [0.29, 0.717) is 19.5 Å². The second-order valence-electron chi connectivity index (χ2n) is 7.40. The van der Waals surface area contributed by atoms with Gasteiger partial charge >= 0.3 is 0 Å². The highest BCUT2D eigenvalue weighted by molar-refractivity contribution is 5.87. The largest absolute Gasteiger partial charge is 0.392 e. The van der Waals surface area contributed by atoms with Crippen molar-refractivity contribution in [2.75, 3.05) is 13.1 Å². The number of aliphatic hydroxyl groups excluding tert-OH is 1. The molecule has 0 saturated carbocycles. The predicted molar refractivity (Wildman–Crippen MR) is 92.9 cm³/mol. The highest BCUT2D eigenvalue weighted by atomic mass is 16.3. The van der Waals surface area contributed by atoms with Gasteiger partial charge in [-0.3, -0.25) is 9.69 Å². The van der Waals surface area contributed by atoms with E-state index in [4.69, 9.17) is 0 Å². The monoisotopic (exact) mass is 316 g/mol. The van der Waals surface area contributed by atoms with Crippen LogP contribution < -0.4 is 5.32 Å². The Bertz CT molecular complexity index is 534. The number of benzene rings is 1. The summed E-state index contributed by atoms with van der Waals surface area (Å²) < 4.78 is 0. The molecule has 1 aromatic carbocycles. The zero-order valence-electron chi connectivity index (χ0n) is 14.3. The molecule has 0 radical (unpaired) electrons. The Morgan fingerprint density at radius 3 is 2.70 bits per heavy atom. The molecule has 0 bridgehead atoms. The lowest BCUT2D eigenvalue weighted by atomic mass is 9.96. The lowest BCUT2D eigenvalue weighted by Gasteiger charge is -2.24. The van der Waals surface area contributed by atoms with Crippen LogP contribution in [0.25, 0.3) is 0 Å². The Kier molecular flexibility index (Phi) is 5.97. The number of aliphatic hydroxyl groups is 1. The number of hydrogen-bond donors (Lipinski definition) is 2. The number of β-amino-alcohol motifs (C(OH)–C–C–N with tert-alkyl or cyclic N) is 1. The van der Waals surface area contributed by atoms with Crippen LogP contribution in [0.1, 0.15) is 32.8 Å². The van der Waals surface area contributed by atoms with Crippen molar-refractivity contribution >= 4 is 5.91 Å². The van der Waals surface area contributed by atoms with E-state index in [1.807, 2.05) is 24.3 Å². The number of nitrogens with one attached hydrogen (secondary N) is 1. The molecule has 4 heteroatoms. The fourth-order valence-corrected chi connectivity index (χ4v) is 2.78. The number of hydrogen-bond acceptors (Lipinski definition) is 3. The van der Waals surface area contributed by atoms with E-state index in [9.17, 15) is 9.90 Å². The zero-order valence-corrected chi connectivity index (χ0v) is 14.3. The van der Waals surface area contributed by atoms with Crippen LogP contribution in [-0.2, 0) is 11.3 Å². The Morgan fingerprint density at radius 2 is 2.04 bits per heavy atom. The first-order chi connectivity index (χ1) is 10.8. The number of nitrogens with zero attached hydrogens (tertiary/aromatic N) is 1. The van der Waals surface area contributed by atoms with Crippen LogP contribution in [-0.4, -0.2) is 41.1 Å². The molecule has 1 saturated heterocycles. The van der Waals surface area contributed by atoms with E-state index in [1.54, 1.807) is 6.08 Å². The van der Waals surface area contributed by atoms with Gasteiger partial charge in [0.2, 0.25) is 5.91 Å². The van der Waals surface area contributed by atoms with Crippen molar-refractivity contribution in [3.63, 3.8) is 0 Å². The second-order valence-corrected chi connectivity index (χ2v) is 7.40. The van der Waals surface area contributed by atoms with Crippen molar-refractivity contribution in [3.8, 4) is 0 Å². The molecule has 0 aromatic heterocycles. The van der Waals surface area contributed by atoms with Gasteiger partial charge in [0.05, 0.1) is 6.10 Å². The fourth-order valence-electron chi connectivity index (χ4n) is 2.78. The number of allylic oxidation sites excluding steroid dienone is 1. The first-order valence-corrected chi connectivity index (χ1v) is 8.26. The molecule has 1 aliphatic heterocycles. The Labute approximate surface area is 139 Å². The fraction of sp³-hybridized carbons (Fsp3) is 0.526. The molecular weight excluding hydrogens is 288 g/mol. The maximum atomic E-state index is 11.9. The van der Waals surface area contributed by atoms with Gasteiger partial charge in [-0.1, -0.05) is 57.2 Å². The molecule has 1 amide bonds. The van der Waals surface area contributed by atoms with Crippen molar-refractivity contribution in [1.82, 2.24) is 10.2 Å². The van der Waals surface area contributed by atoms with Gasteiger partial charge in [0.1, 0.15) is 0 Å². The molecule has 126 valence electrons. The first kappa shape index (κ1) is 17.7. The van der Waals surface area contributed by atoms with Gasteiger partial charge in [0.15, 0.2) is 0 Å². The van der Waals surface area contributed by atoms with Gasteiger partial charge in [-0.05, 0) is 23.5 Å². The van der Waals surface area contributed by atoms with Crippen LogP contribution >= 0.6 is 0 Å². The SMILES string of the molecule is CC(C)(C)/C=C/C(=O)NCC1CC(O)CN1Cc1ccccc1. The molecule has 2 rings (SSSR count). The summed E-state index contributed by atoms with van der Waals surface area (Å²) in [6, 6.07) is 10.4. The highest BCUT2D eigenvalue weighted by Gasteiger charge is 2.30. The number of amides is 1. The van der Waals surface area contributed by atoms with Gasteiger partial charge in [-0.25, -0.2) is 0 Å². The molecule has 0 spiro atoms. The molecule has 2 atom stereocenters. The number of carbonyl (C=O) groups is 1. The van der Waals surface area contributed by atoms with Gasteiger partial charge in [0.25, 0.3) is 0 Å². The van der Waals surface area contributed by atoms with E-state index < -0.39 is 0 Å². The van der Waals surface area contributed by atoms with E-state index in [1.165, 1.54) is 5.56 Å². The summed E-state index contributed by atoms with van der Waals surface area (Å²) in [6.07, 6.45) is 3.90. The van der Waals surface area contributed by atoms with Gasteiger partial charge in [0, 0.05) is 25.7 Å². The molecule has 2 N–H and O–H groups in total. The molecule has 0 aliphatic carbocycles. The third-order valence-corrected chi connectivity index (χ3v) is 3.98. The topological polar surface area (TPSA) is 52.6 Å². The summed E-state index contributed by atoms with van der Waals surface area (Å²) in [7, 11) is 0. The highest BCUT2D eigenvalue weighted by Crippen LogP contribution is 2.20. The number of likely N-dealkylation sites (tertiary alicyclic amines) is 1. The molecule has 1 aromatic rings. The summed E-state index contributed by atoms with van der Waals surface area (Å²) in [6.45, 7) is 8.21. The quantitative estimate of drug-likeness (QED) is 0.820. The molecule has 1 aliphatic rings. The average molecular weight is 316 g/mol. The molecule has 1 fully saturated rings. The lowest BCUT2D eigenvalue weighted by molar-refractivity contribution is -0.116. The van der Waals surface area contributed by atoms with E-state index >= 15 is 0 Å². The van der Waals surface area contributed by atoms with Crippen LogP contribution in [0.3, 0.4) is 0 Å². The summed E-state index contributed by atoms with van der Waals surface area (Å²) >= 11 is 0. The maximum Gasteiger partial charge on any atom is 0.243 e. The first-order valence-electron chi connectivity index (χ1n) is 8.26. The predicted octanol–water partition coefficient (Wildman–Crippen LogP) is 2.34. The van der Waals surface area contributed by atoms with E-state index in [-0.39, 0.29) is 23.5 Å². The molecular formula is C19H28N2O2. The number of carbonyl (C=O) groups excluding carboxylic acids is 1. The Morgan fingerprint density at radius 1 is 1.35 bits per heavy atom. The van der Waals surface area contributed by atoms with Crippen LogP contribution in [0.2, 0.25) is 0 Å². The van der Waals surface area contributed by atoms with Gasteiger partial charge in [-0.2, -0.15) is 0 Å². The van der Waals surface area contributed by atoms with Crippen molar-refractivity contribution in [2.45, 2.75) is 45.9 Å². The van der Waals surface area contributed by atoms with E-state index in [2.05, 4.69) is 43.1 Å². The minimum atomic E-state index is -0.314. The standard InChI is InChI=1S/C19H28N2O2/c1-19(2,3)10-9-18(23)20-12-16-11-17(22)14-21(16)13-15-7-5-4-6-8-15/h4-10,16-17,22H,11-14H2,1-3H3,(H,20,23)/b10-9+. The third-order valence-electron chi connectivity index (χ3n) is 3.98. The molecule has 1 heterocycles. The summed E-state index contributed by atoms with van der Waals surface area (Å²) in [5, 5.41) is 12.9. The smallest absolute Gasteiger partial charge is 0.243 e. The summed E-state index contributed by atoms with van der Waals surface area (Å²) in [5.74, 6) is -0.0685. The average Bonchev–Trinajstić information content (AvgIpc) is 2.83. The van der Waals surface area contributed by atoms with Crippen molar-refractivity contribution in [3.05, 3.63) is 48.0 Å². The second kappa shape index (κ2) is 7.75. The number of rotatable bonds is 5. The van der Waals surface area contributed by atoms with Crippen molar-refractivity contribution in [2.24, 2.45) is 5.41 Å². The molecule has 4 nitrogen and oxygen atoms in total. The zero-order chi connectivity index (χ0) is 16.9. The van der Waals surface area contributed by atoms with Crippen molar-refractivity contribution < 1.29 is 9.90 Å². The maximum absolute atomic E-state index is 11.9. The summed E-state index contributed by atoms with van der Waals surface area (Å²) in [4.78, 5) is 14.2.